The summed E-state index contributed by atoms with van der Waals surface area (Å²) in [5.74, 6) is 0.0812. The molecule has 1 aromatic carbocycles. The Kier molecular flexibility index (Phi) is 7.67. The second kappa shape index (κ2) is 10.5. The Morgan fingerprint density at radius 2 is 1.91 bits per heavy atom. The first-order valence-electron chi connectivity index (χ1n) is 10.5. The molecule has 2 heterocycles. The van der Waals surface area contributed by atoms with Gasteiger partial charge in [0.1, 0.15) is 11.4 Å². The van der Waals surface area contributed by atoms with E-state index in [9.17, 15) is 14.4 Å². The lowest BCUT2D eigenvalue weighted by Crippen LogP contribution is -2.27. The Labute approximate surface area is 200 Å². The molecule has 0 spiro atoms. The Balaban J connectivity index is 1.96. The summed E-state index contributed by atoms with van der Waals surface area (Å²) in [5.41, 5.74) is 0.786. The van der Waals surface area contributed by atoms with Crippen molar-refractivity contribution < 1.29 is 28.6 Å². The number of hydrogen-bond donors (Lipinski definition) is 1. The maximum Gasteiger partial charge on any atom is 0.413 e. The van der Waals surface area contributed by atoms with Gasteiger partial charge in [0.15, 0.2) is 17.1 Å². The summed E-state index contributed by atoms with van der Waals surface area (Å²) in [6, 6.07) is 7.41. The molecule has 10 nitrogen and oxygen atoms in total. The van der Waals surface area contributed by atoms with E-state index < -0.39 is 17.7 Å². The molecule has 1 amide bonds. The molecule has 180 valence electrons. The quantitative estimate of drug-likeness (QED) is 0.367. The van der Waals surface area contributed by atoms with Gasteiger partial charge >= 0.3 is 12.1 Å². The molecule has 0 aliphatic rings. The number of hydrogen-bond acceptors (Lipinski definition) is 9. The van der Waals surface area contributed by atoms with Crippen LogP contribution in [0.1, 0.15) is 53.4 Å². The predicted molar refractivity (Wildman–Crippen MR) is 127 cm³/mol. The van der Waals surface area contributed by atoms with Crippen molar-refractivity contribution in [2.75, 3.05) is 19.0 Å². The lowest BCUT2D eigenvalue weighted by Gasteiger charge is -2.18. The minimum Gasteiger partial charge on any atom is -0.497 e. The Morgan fingerprint density at radius 3 is 2.50 bits per heavy atom. The highest BCUT2D eigenvalue weighted by molar-refractivity contribution is 7.17. The average molecular weight is 487 g/mol. The average Bonchev–Trinajstić information content (AvgIpc) is 3.36. The molecule has 2 aromatic heterocycles. The number of aromatic nitrogens is 3. The van der Waals surface area contributed by atoms with Crippen LogP contribution < -0.4 is 10.1 Å². The molecule has 0 unspecified atom stereocenters. The van der Waals surface area contributed by atoms with Crippen LogP contribution in [0.25, 0.3) is 11.3 Å². The zero-order chi connectivity index (χ0) is 24.9. The fraction of sp³-hybridized carbons (Fsp3) is 0.348. The second-order valence-corrected chi connectivity index (χ2v) is 9.16. The minimum atomic E-state index is -0.703. The van der Waals surface area contributed by atoms with Crippen LogP contribution >= 0.6 is 11.3 Å². The molecule has 0 bridgehead atoms. The molecule has 0 aliphatic carbocycles. The summed E-state index contributed by atoms with van der Waals surface area (Å²) in [4.78, 5) is 41.1. The summed E-state index contributed by atoms with van der Waals surface area (Å²) in [7, 11) is 1.59. The number of rotatable bonds is 8. The van der Waals surface area contributed by atoms with Crippen molar-refractivity contribution in [3.63, 3.8) is 0 Å². The molecule has 0 aliphatic heterocycles. The van der Waals surface area contributed by atoms with Gasteiger partial charge < -0.3 is 14.2 Å². The summed E-state index contributed by atoms with van der Waals surface area (Å²) >= 11 is 0.966. The third-order valence-corrected chi connectivity index (χ3v) is 5.25. The zero-order valence-corrected chi connectivity index (χ0v) is 20.4. The molecular weight excluding hydrogens is 460 g/mol. The number of esters is 1. The van der Waals surface area contributed by atoms with E-state index in [1.54, 1.807) is 45.7 Å². The number of ether oxygens (including phenoxy) is 3. The van der Waals surface area contributed by atoms with Crippen LogP contribution in [0.5, 0.6) is 5.75 Å². The standard InChI is InChI=1S/C23H26N4O6S/c1-6-32-20(29)19-16(12-27(26-19)11-14-7-9-15(31-5)10-8-14)18-17(13-28)34-21(24-18)25-22(30)33-23(2,3)4/h7-10,12-13H,6,11H2,1-5H3,(H,24,25,30). The molecule has 11 heteroatoms. The molecule has 0 fully saturated rings. The van der Waals surface area contributed by atoms with E-state index in [2.05, 4.69) is 15.4 Å². The predicted octanol–water partition coefficient (Wildman–Crippen LogP) is 4.40. The molecule has 34 heavy (non-hydrogen) atoms. The normalized spacial score (nSPS) is 11.1. The SMILES string of the molecule is CCOC(=O)c1nn(Cc2ccc(OC)cc2)cc1-c1nc(NC(=O)OC(C)(C)C)sc1C=O. The van der Waals surface area contributed by atoms with Gasteiger partial charge in [0.2, 0.25) is 0 Å². The van der Waals surface area contributed by atoms with E-state index in [1.807, 2.05) is 24.3 Å². The number of anilines is 1. The zero-order valence-electron chi connectivity index (χ0n) is 19.6. The highest BCUT2D eigenvalue weighted by atomic mass is 32.1. The van der Waals surface area contributed by atoms with Gasteiger partial charge in [-0.15, -0.1) is 0 Å². The number of aldehydes is 1. The smallest absolute Gasteiger partial charge is 0.413 e. The fourth-order valence-electron chi connectivity index (χ4n) is 2.99. The summed E-state index contributed by atoms with van der Waals surface area (Å²) in [5, 5.41) is 7.07. The number of methoxy groups -OCH3 is 1. The Hall–Kier alpha value is -3.73. The number of benzene rings is 1. The van der Waals surface area contributed by atoms with Crippen molar-refractivity contribution in [1.82, 2.24) is 14.8 Å². The Bertz CT molecular complexity index is 1180. The lowest BCUT2D eigenvalue weighted by atomic mass is 10.1. The first kappa shape index (κ1) is 24.9. The first-order chi connectivity index (χ1) is 16.1. The number of amides is 1. The molecule has 0 saturated heterocycles. The highest BCUT2D eigenvalue weighted by Crippen LogP contribution is 2.32. The van der Waals surface area contributed by atoms with Gasteiger partial charge in [-0.2, -0.15) is 5.10 Å². The summed E-state index contributed by atoms with van der Waals surface area (Å²) in [6.07, 6.45) is 1.53. The third kappa shape index (κ3) is 6.19. The highest BCUT2D eigenvalue weighted by Gasteiger charge is 2.25. The van der Waals surface area contributed by atoms with E-state index in [0.29, 0.717) is 18.4 Å². The van der Waals surface area contributed by atoms with Gasteiger partial charge in [-0.25, -0.2) is 14.6 Å². The summed E-state index contributed by atoms with van der Waals surface area (Å²) in [6.45, 7) is 7.42. The van der Waals surface area contributed by atoms with E-state index in [1.165, 1.54) is 0 Å². The van der Waals surface area contributed by atoms with Crippen molar-refractivity contribution in [3.05, 3.63) is 46.6 Å². The molecule has 0 radical (unpaired) electrons. The minimum absolute atomic E-state index is 0.0209. The summed E-state index contributed by atoms with van der Waals surface area (Å²) < 4.78 is 17.1. The largest absolute Gasteiger partial charge is 0.497 e. The molecular formula is C23H26N4O6S. The van der Waals surface area contributed by atoms with E-state index in [0.717, 1.165) is 22.6 Å². The van der Waals surface area contributed by atoms with Gasteiger partial charge in [-0.1, -0.05) is 23.5 Å². The van der Waals surface area contributed by atoms with Crippen LogP contribution in [0.4, 0.5) is 9.93 Å². The lowest BCUT2D eigenvalue weighted by molar-refractivity contribution is 0.0518. The molecule has 0 saturated carbocycles. The number of nitrogens with one attached hydrogen (secondary N) is 1. The molecule has 1 N–H and O–H groups in total. The van der Waals surface area contributed by atoms with Gasteiger partial charge in [-0.05, 0) is 45.4 Å². The van der Waals surface area contributed by atoms with Gasteiger partial charge in [-0.3, -0.25) is 14.8 Å². The van der Waals surface area contributed by atoms with Crippen molar-refractivity contribution in [2.45, 2.75) is 39.8 Å². The number of carbonyl (C=O) groups excluding carboxylic acids is 3. The van der Waals surface area contributed by atoms with E-state index in [-0.39, 0.29) is 28.0 Å². The topological polar surface area (TPSA) is 122 Å². The van der Waals surface area contributed by atoms with Crippen LogP contribution in [0, 0.1) is 0 Å². The van der Waals surface area contributed by atoms with Crippen molar-refractivity contribution >= 4 is 34.8 Å². The maximum atomic E-state index is 12.6. The third-order valence-electron chi connectivity index (χ3n) is 4.36. The van der Waals surface area contributed by atoms with Crippen molar-refractivity contribution in [3.8, 4) is 17.0 Å². The van der Waals surface area contributed by atoms with E-state index in [4.69, 9.17) is 14.2 Å². The molecule has 3 aromatic rings. The first-order valence-corrected chi connectivity index (χ1v) is 11.3. The number of thiazole rings is 1. The van der Waals surface area contributed by atoms with Crippen molar-refractivity contribution in [1.29, 1.82) is 0 Å². The van der Waals surface area contributed by atoms with Gasteiger partial charge in [0.05, 0.1) is 36.4 Å². The van der Waals surface area contributed by atoms with Gasteiger partial charge in [0, 0.05) is 6.20 Å². The van der Waals surface area contributed by atoms with Crippen LogP contribution in [0.15, 0.2) is 30.5 Å². The monoisotopic (exact) mass is 486 g/mol. The van der Waals surface area contributed by atoms with Crippen LogP contribution in [0.2, 0.25) is 0 Å². The van der Waals surface area contributed by atoms with Crippen molar-refractivity contribution in [2.24, 2.45) is 0 Å². The fourth-order valence-corrected chi connectivity index (χ4v) is 3.77. The molecule has 0 atom stereocenters. The second-order valence-electron chi connectivity index (χ2n) is 8.13. The van der Waals surface area contributed by atoms with E-state index >= 15 is 0 Å². The van der Waals surface area contributed by atoms with Gasteiger partial charge in [0.25, 0.3) is 0 Å². The number of nitrogens with zero attached hydrogens (tertiary/aromatic N) is 3. The van der Waals surface area contributed by atoms with Crippen LogP contribution in [-0.2, 0) is 16.0 Å². The molecule has 3 rings (SSSR count). The Morgan fingerprint density at radius 1 is 1.21 bits per heavy atom. The number of carbonyl (C=O) groups is 3. The van der Waals surface area contributed by atoms with Crippen LogP contribution in [0.3, 0.4) is 0 Å². The maximum absolute atomic E-state index is 12.6. The van der Waals surface area contributed by atoms with Crippen LogP contribution in [-0.4, -0.2) is 52.4 Å².